The standard InChI is InChI=1S/C20H22BrNO4/c1-3-14-7-5-8-15(4-2)20(14)22-18(23)12-26-19(24)13-25-17-10-6-9-16(21)11-17/h5-11H,3-4,12-13H2,1-2H3,(H,22,23). The smallest absolute Gasteiger partial charge is 0.344 e. The van der Waals surface area contributed by atoms with Gasteiger partial charge in [0.1, 0.15) is 5.75 Å². The van der Waals surface area contributed by atoms with E-state index in [1.807, 2.05) is 38.1 Å². The number of carbonyl (C=O) groups is 2. The monoisotopic (exact) mass is 419 g/mol. The van der Waals surface area contributed by atoms with E-state index in [-0.39, 0.29) is 19.1 Å². The highest BCUT2D eigenvalue weighted by molar-refractivity contribution is 9.10. The molecule has 0 heterocycles. The Bertz CT molecular complexity index is 754. The molecule has 0 saturated heterocycles. The van der Waals surface area contributed by atoms with Gasteiger partial charge in [-0.3, -0.25) is 4.79 Å². The van der Waals surface area contributed by atoms with Crippen molar-refractivity contribution in [3.8, 4) is 5.75 Å². The lowest BCUT2D eigenvalue weighted by Gasteiger charge is -2.14. The Morgan fingerprint density at radius 1 is 1.00 bits per heavy atom. The van der Waals surface area contributed by atoms with Crippen molar-refractivity contribution in [2.45, 2.75) is 26.7 Å². The number of esters is 1. The first-order valence-electron chi connectivity index (χ1n) is 8.48. The van der Waals surface area contributed by atoms with E-state index in [9.17, 15) is 9.59 Å². The van der Waals surface area contributed by atoms with Crippen LogP contribution >= 0.6 is 15.9 Å². The summed E-state index contributed by atoms with van der Waals surface area (Å²) < 4.78 is 11.2. The normalized spacial score (nSPS) is 10.3. The first kappa shape index (κ1) is 20.0. The molecule has 0 aliphatic heterocycles. The van der Waals surface area contributed by atoms with Crippen LogP contribution in [0.2, 0.25) is 0 Å². The number of hydrogen-bond donors (Lipinski definition) is 1. The second-order valence-corrected chi connectivity index (χ2v) is 6.53. The van der Waals surface area contributed by atoms with Gasteiger partial charge in [-0.25, -0.2) is 4.79 Å². The Morgan fingerprint density at radius 2 is 1.65 bits per heavy atom. The van der Waals surface area contributed by atoms with Gasteiger partial charge < -0.3 is 14.8 Å². The van der Waals surface area contributed by atoms with Gasteiger partial charge in [-0.05, 0) is 42.2 Å². The van der Waals surface area contributed by atoms with Crippen LogP contribution in [0.4, 0.5) is 5.69 Å². The van der Waals surface area contributed by atoms with Crippen molar-refractivity contribution >= 4 is 33.5 Å². The molecule has 138 valence electrons. The Hall–Kier alpha value is -2.34. The number of aryl methyl sites for hydroxylation is 2. The fraction of sp³-hybridized carbons (Fsp3) is 0.300. The van der Waals surface area contributed by atoms with Crippen LogP contribution in [0.1, 0.15) is 25.0 Å². The molecular formula is C20H22BrNO4. The third kappa shape index (κ3) is 5.88. The van der Waals surface area contributed by atoms with E-state index < -0.39 is 5.97 Å². The summed E-state index contributed by atoms with van der Waals surface area (Å²) in [5.41, 5.74) is 2.92. The molecule has 0 aliphatic carbocycles. The molecule has 2 aromatic carbocycles. The van der Waals surface area contributed by atoms with Crippen LogP contribution in [-0.4, -0.2) is 25.1 Å². The second-order valence-electron chi connectivity index (χ2n) is 5.61. The molecule has 0 aliphatic rings. The molecule has 0 spiro atoms. The summed E-state index contributed by atoms with van der Waals surface area (Å²) in [6, 6.07) is 13.1. The maximum atomic E-state index is 12.1. The van der Waals surface area contributed by atoms with Gasteiger partial charge in [0.15, 0.2) is 13.2 Å². The van der Waals surface area contributed by atoms with Crippen molar-refractivity contribution in [1.82, 2.24) is 0 Å². The largest absolute Gasteiger partial charge is 0.482 e. The number of halogens is 1. The lowest BCUT2D eigenvalue weighted by molar-refractivity contribution is -0.149. The predicted molar refractivity (Wildman–Crippen MR) is 104 cm³/mol. The lowest BCUT2D eigenvalue weighted by atomic mass is 10.0. The highest BCUT2D eigenvalue weighted by Crippen LogP contribution is 2.22. The summed E-state index contributed by atoms with van der Waals surface area (Å²) >= 11 is 3.32. The summed E-state index contributed by atoms with van der Waals surface area (Å²) in [6.45, 7) is 3.46. The minimum absolute atomic E-state index is 0.254. The first-order chi connectivity index (χ1) is 12.5. The molecule has 26 heavy (non-hydrogen) atoms. The Labute approximate surface area is 161 Å². The summed E-state index contributed by atoms with van der Waals surface area (Å²) in [5.74, 6) is -0.415. The molecule has 1 amide bonds. The minimum atomic E-state index is -0.598. The van der Waals surface area contributed by atoms with E-state index in [1.54, 1.807) is 18.2 Å². The molecule has 0 bridgehead atoms. The minimum Gasteiger partial charge on any atom is -0.482 e. The third-order valence-electron chi connectivity index (χ3n) is 3.78. The highest BCUT2D eigenvalue weighted by Gasteiger charge is 2.12. The molecule has 1 N–H and O–H groups in total. The zero-order valence-corrected chi connectivity index (χ0v) is 16.5. The zero-order valence-electron chi connectivity index (χ0n) is 14.9. The van der Waals surface area contributed by atoms with Gasteiger partial charge in [0.25, 0.3) is 5.91 Å². The number of amides is 1. The Morgan fingerprint density at radius 3 is 2.27 bits per heavy atom. The number of hydrogen-bond acceptors (Lipinski definition) is 4. The second kappa shape index (κ2) is 9.97. The highest BCUT2D eigenvalue weighted by atomic mass is 79.9. The molecule has 0 atom stereocenters. The van der Waals surface area contributed by atoms with Crippen molar-refractivity contribution in [1.29, 1.82) is 0 Å². The van der Waals surface area contributed by atoms with Crippen molar-refractivity contribution in [3.05, 3.63) is 58.1 Å². The van der Waals surface area contributed by atoms with Gasteiger partial charge >= 0.3 is 5.97 Å². The van der Waals surface area contributed by atoms with Gasteiger partial charge in [0.2, 0.25) is 0 Å². The van der Waals surface area contributed by atoms with Crippen molar-refractivity contribution in [2.24, 2.45) is 0 Å². The van der Waals surface area contributed by atoms with Crippen LogP contribution in [0.3, 0.4) is 0 Å². The SMILES string of the molecule is CCc1cccc(CC)c1NC(=O)COC(=O)COc1cccc(Br)c1. The van der Waals surface area contributed by atoms with E-state index >= 15 is 0 Å². The molecule has 0 saturated carbocycles. The average Bonchev–Trinajstić information content (AvgIpc) is 2.65. The van der Waals surface area contributed by atoms with E-state index in [0.29, 0.717) is 5.75 Å². The number of benzene rings is 2. The Balaban J connectivity index is 1.84. The van der Waals surface area contributed by atoms with Crippen molar-refractivity contribution < 1.29 is 19.1 Å². The number of nitrogens with one attached hydrogen (secondary N) is 1. The fourth-order valence-electron chi connectivity index (χ4n) is 2.47. The van der Waals surface area contributed by atoms with Crippen LogP contribution < -0.4 is 10.1 Å². The molecule has 6 heteroatoms. The van der Waals surface area contributed by atoms with Crippen molar-refractivity contribution in [2.75, 3.05) is 18.5 Å². The van der Waals surface area contributed by atoms with Gasteiger partial charge in [0, 0.05) is 10.2 Å². The first-order valence-corrected chi connectivity index (χ1v) is 9.27. The summed E-state index contributed by atoms with van der Waals surface area (Å²) in [5, 5.41) is 2.85. The molecule has 0 unspecified atom stereocenters. The molecular weight excluding hydrogens is 398 g/mol. The molecule has 0 aromatic heterocycles. The summed E-state index contributed by atoms with van der Waals surface area (Å²) in [4.78, 5) is 23.9. The number of carbonyl (C=O) groups excluding carboxylic acids is 2. The number of ether oxygens (including phenoxy) is 2. The zero-order chi connectivity index (χ0) is 18.9. The predicted octanol–water partition coefficient (Wildman–Crippen LogP) is 4.13. The molecule has 2 rings (SSSR count). The van der Waals surface area contributed by atoms with Gasteiger partial charge in [-0.1, -0.05) is 54.0 Å². The van der Waals surface area contributed by atoms with E-state index in [1.165, 1.54) is 0 Å². The third-order valence-corrected chi connectivity index (χ3v) is 4.27. The van der Waals surface area contributed by atoms with Crippen LogP contribution in [0.25, 0.3) is 0 Å². The van der Waals surface area contributed by atoms with E-state index in [4.69, 9.17) is 9.47 Å². The summed E-state index contributed by atoms with van der Waals surface area (Å²) in [7, 11) is 0. The maximum absolute atomic E-state index is 12.1. The van der Waals surface area contributed by atoms with Crippen LogP contribution in [0, 0.1) is 0 Å². The molecule has 0 radical (unpaired) electrons. The average molecular weight is 420 g/mol. The van der Waals surface area contributed by atoms with Gasteiger partial charge in [0.05, 0.1) is 0 Å². The fourth-order valence-corrected chi connectivity index (χ4v) is 2.84. The number of rotatable bonds is 8. The van der Waals surface area contributed by atoms with E-state index in [0.717, 1.165) is 34.1 Å². The Kier molecular flexibility index (Phi) is 7.66. The number of anilines is 1. The van der Waals surface area contributed by atoms with Gasteiger partial charge in [-0.2, -0.15) is 0 Å². The molecule has 0 fully saturated rings. The molecule has 5 nitrogen and oxygen atoms in total. The molecule has 2 aromatic rings. The quantitative estimate of drug-likeness (QED) is 0.653. The van der Waals surface area contributed by atoms with Crippen molar-refractivity contribution in [3.63, 3.8) is 0 Å². The topological polar surface area (TPSA) is 64.6 Å². The summed E-state index contributed by atoms with van der Waals surface area (Å²) in [6.07, 6.45) is 1.62. The lowest BCUT2D eigenvalue weighted by Crippen LogP contribution is -2.24. The van der Waals surface area contributed by atoms with Crippen LogP contribution in [0.5, 0.6) is 5.75 Å². The van der Waals surface area contributed by atoms with E-state index in [2.05, 4.69) is 21.2 Å². The number of para-hydroxylation sites is 1. The van der Waals surface area contributed by atoms with Crippen LogP contribution in [0.15, 0.2) is 46.9 Å². The maximum Gasteiger partial charge on any atom is 0.344 e. The van der Waals surface area contributed by atoms with Crippen LogP contribution in [-0.2, 0) is 27.2 Å². The van der Waals surface area contributed by atoms with Gasteiger partial charge in [-0.15, -0.1) is 0 Å².